The summed E-state index contributed by atoms with van der Waals surface area (Å²) in [6.45, 7) is 7.23. The summed E-state index contributed by atoms with van der Waals surface area (Å²) < 4.78 is 6.73. The van der Waals surface area contributed by atoms with Crippen LogP contribution in [0.15, 0.2) is 54.9 Å². The second-order valence-corrected chi connectivity index (χ2v) is 5.18. The van der Waals surface area contributed by atoms with Gasteiger partial charge in [-0.1, -0.05) is 17.7 Å². The number of imidazole rings is 1. The number of rotatable bonds is 3. The average Bonchev–Trinajstić information content (AvgIpc) is 3.10. The number of aromatic nitrogens is 5. The van der Waals surface area contributed by atoms with Gasteiger partial charge in [-0.2, -0.15) is 0 Å². The lowest BCUT2D eigenvalue weighted by Crippen LogP contribution is -1.98. The van der Waals surface area contributed by atoms with Crippen molar-refractivity contribution in [2.45, 2.75) is 0 Å². The Morgan fingerprint density at radius 2 is 1.96 bits per heavy atom. The van der Waals surface area contributed by atoms with Gasteiger partial charge >= 0.3 is 0 Å². The molecule has 0 N–H and O–H groups in total. The molecule has 0 saturated heterocycles. The molecule has 7 heteroatoms. The van der Waals surface area contributed by atoms with Gasteiger partial charge in [0.1, 0.15) is 5.69 Å². The Morgan fingerprint density at radius 1 is 1.04 bits per heavy atom. The number of fused-ring (bicyclic) bond motifs is 1. The van der Waals surface area contributed by atoms with Crippen molar-refractivity contribution in [3.63, 3.8) is 0 Å². The molecule has 0 unspecified atom stereocenters. The van der Waals surface area contributed by atoms with Crippen LogP contribution in [0.5, 0.6) is 5.88 Å². The summed E-state index contributed by atoms with van der Waals surface area (Å²) in [5, 5.41) is 4.55. The Labute approximate surface area is 143 Å². The summed E-state index contributed by atoms with van der Waals surface area (Å²) in [5.41, 5.74) is 3.50. The van der Waals surface area contributed by atoms with Gasteiger partial charge in [-0.3, -0.25) is 4.98 Å². The van der Waals surface area contributed by atoms with Crippen molar-refractivity contribution in [3.05, 3.63) is 66.3 Å². The van der Waals surface area contributed by atoms with E-state index >= 15 is 0 Å². The molecule has 0 aliphatic rings. The number of nitrogens with zero attached hydrogens (tertiary/aromatic N) is 6. The van der Waals surface area contributed by atoms with Gasteiger partial charge in [-0.25, -0.2) is 9.97 Å². The molecule has 4 aromatic rings. The van der Waals surface area contributed by atoms with Crippen LogP contribution in [0.4, 0.5) is 5.82 Å². The van der Waals surface area contributed by atoms with Crippen LogP contribution in [-0.4, -0.2) is 31.7 Å². The first-order valence-electron chi connectivity index (χ1n) is 7.49. The molecule has 4 heterocycles. The Bertz CT molecular complexity index is 1110. The minimum atomic E-state index is 0.363. The molecular formula is C18H12N6O. The number of hydrogen-bond acceptors (Lipinski definition) is 5. The second-order valence-electron chi connectivity index (χ2n) is 5.18. The van der Waals surface area contributed by atoms with E-state index in [1.54, 1.807) is 19.4 Å². The van der Waals surface area contributed by atoms with E-state index in [1.807, 2.05) is 36.4 Å². The van der Waals surface area contributed by atoms with E-state index in [9.17, 15) is 0 Å². The van der Waals surface area contributed by atoms with Crippen LogP contribution in [0.3, 0.4) is 0 Å². The van der Waals surface area contributed by atoms with Gasteiger partial charge in [0.2, 0.25) is 11.5 Å². The molecule has 25 heavy (non-hydrogen) atoms. The van der Waals surface area contributed by atoms with Gasteiger partial charge < -0.3 is 9.58 Å². The minimum Gasteiger partial charge on any atom is -0.481 e. The fourth-order valence-electron chi connectivity index (χ4n) is 2.56. The van der Waals surface area contributed by atoms with E-state index in [2.05, 4.69) is 24.9 Å². The van der Waals surface area contributed by atoms with Crippen molar-refractivity contribution < 1.29 is 4.74 Å². The summed E-state index contributed by atoms with van der Waals surface area (Å²) >= 11 is 0. The van der Waals surface area contributed by atoms with Gasteiger partial charge in [0, 0.05) is 23.9 Å². The lowest BCUT2D eigenvalue weighted by atomic mass is 10.1. The van der Waals surface area contributed by atoms with Crippen LogP contribution in [0.25, 0.3) is 33.1 Å². The molecule has 0 aliphatic carbocycles. The zero-order valence-corrected chi connectivity index (χ0v) is 13.3. The SMILES string of the molecule is [C-]#[N+]c1cnc2ccc(-c3cccnc3-c3cccc(OC)n3)nn12. The van der Waals surface area contributed by atoms with Gasteiger partial charge in [-0.15, -0.1) is 4.52 Å². The molecule has 0 aromatic carbocycles. The van der Waals surface area contributed by atoms with Gasteiger partial charge in [0.05, 0.1) is 24.7 Å². The molecule has 4 aromatic heterocycles. The van der Waals surface area contributed by atoms with E-state index in [4.69, 9.17) is 11.3 Å². The maximum Gasteiger partial charge on any atom is 0.275 e. The van der Waals surface area contributed by atoms with Crippen molar-refractivity contribution in [3.8, 4) is 28.5 Å². The molecule has 0 spiro atoms. The van der Waals surface area contributed by atoms with E-state index in [-0.39, 0.29) is 0 Å². The number of methoxy groups -OCH3 is 1. The van der Waals surface area contributed by atoms with Crippen LogP contribution in [0.2, 0.25) is 0 Å². The Hall–Kier alpha value is -3.79. The van der Waals surface area contributed by atoms with Crippen LogP contribution >= 0.6 is 0 Å². The first-order chi connectivity index (χ1) is 12.3. The minimum absolute atomic E-state index is 0.363. The molecule has 0 saturated carbocycles. The van der Waals surface area contributed by atoms with Crippen molar-refractivity contribution in [2.75, 3.05) is 7.11 Å². The first-order valence-corrected chi connectivity index (χ1v) is 7.49. The summed E-state index contributed by atoms with van der Waals surface area (Å²) in [5.74, 6) is 0.879. The zero-order valence-electron chi connectivity index (χ0n) is 13.3. The smallest absolute Gasteiger partial charge is 0.275 e. The molecule has 120 valence electrons. The summed E-state index contributed by atoms with van der Waals surface area (Å²) in [4.78, 5) is 16.5. The molecule has 0 atom stereocenters. The van der Waals surface area contributed by atoms with E-state index < -0.39 is 0 Å². The fourth-order valence-corrected chi connectivity index (χ4v) is 2.56. The van der Waals surface area contributed by atoms with E-state index in [1.165, 1.54) is 10.7 Å². The molecular weight excluding hydrogens is 316 g/mol. The molecule has 7 nitrogen and oxygen atoms in total. The monoisotopic (exact) mass is 328 g/mol. The predicted molar refractivity (Wildman–Crippen MR) is 92.3 cm³/mol. The predicted octanol–water partition coefficient (Wildman–Crippen LogP) is 3.41. The van der Waals surface area contributed by atoms with Crippen molar-refractivity contribution in [1.29, 1.82) is 0 Å². The van der Waals surface area contributed by atoms with Crippen molar-refractivity contribution >= 4 is 11.5 Å². The maximum absolute atomic E-state index is 7.23. The summed E-state index contributed by atoms with van der Waals surface area (Å²) in [6.07, 6.45) is 3.22. The van der Waals surface area contributed by atoms with Crippen LogP contribution in [0, 0.1) is 6.57 Å². The highest BCUT2D eigenvalue weighted by Crippen LogP contribution is 2.29. The van der Waals surface area contributed by atoms with E-state index in [0.717, 1.165) is 5.56 Å². The standard InChI is InChI=1S/C18H12N6O/c1-19-16-11-21-15-9-8-13(23-24(15)16)12-5-4-10-20-18(12)14-6-3-7-17(22-14)25-2/h3-11H,2H3. The third kappa shape index (κ3) is 2.56. The fraction of sp³-hybridized carbons (Fsp3) is 0.0556. The largest absolute Gasteiger partial charge is 0.481 e. The highest BCUT2D eigenvalue weighted by atomic mass is 16.5. The lowest BCUT2D eigenvalue weighted by Gasteiger charge is -2.08. The first kappa shape index (κ1) is 14.8. The molecule has 0 aliphatic heterocycles. The normalized spacial score (nSPS) is 10.6. The van der Waals surface area contributed by atoms with Gasteiger partial charge in [0.15, 0.2) is 0 Å². The molecule has 4 rings (SSSR count). The maximum atomic E-state index is 7.23. The average molecular weight is 328 g/mol. The Morgan fingerprint density at radius 3 is 2.80 bits per heavy atom. The topological polar surface area (TPSA) is 69.6 Å². The van der Waals surface area contributed by atoms with Crippen LogP contribution < -0.4 is 4.74 Å². The molecule has 0 radical (unpaired) electrons. The van der Waals surface area contributed by atoms with Crippen LogP contribution in [-0.2, 0) is 0 Å². The molecule has 0 fully saturated rings. The second kappa shape index (κ2) is 6.02. The quantitative estimate of drug-likeness (QED) is 0.539. The van der Waals surface area contributed by atoms with Crippen LogP contribution in [0.1, 0.15) is 0 Å². The molecule has 0 bridgehead atoms. The van der Waals surface area contributed by atoms with Crippen molar-refractivity contribution in [2.24, 2.45) is 0 Å². The third-order valence-corrected chi connectivity index (χ3v) is 3.72. The Balaban J connectivity index is 1.90. The highest BCUT2D eigenvalue weighted by molar-refractivity contribution is 5.77. The number of hydrogen-bond donors (Lipinski definition) is 0. The summed E-state index contributed by atoms with van der Waals surface area (Å²) in [6, 6.07) is 13.0. The highest BCUT2D eigenvalue weighted by Gasteiger charge is 2.15. The van der Waals surface area contributed by atoms with Gasteiger partial charge in [0.25, 0.3) is 5.82 Å². The third-order valence-electron chi connectivity index (χ3n) is 3.72. The van der Waals surface area contributed by atoms with Crippen molar-refractivity contribution in [1.82, 2.24) is 24.6 Å². The lowest BCUT2D eigenvalue weighted by molar-refractivity contribution is 0.398. The zero-order chi connectivity index (χ0) is 17.2. The molecule has 0 amide bonds. The van der Waals surface area contributed by atoms with Gasteiger partial charge in [-0.05, 0) is 24.3 Å². The number of ether oxygens (including phenoxy) is 1. The summed E-state index contributed by atoms with van der Waals surface area (Å²) in [7, 11) is 1.58. The Kier molecular flexibility index (Phi) is 3.56. The van der Waals surface area contributed by atoms with E-state index in [0.29, 0.717) is 34.4 Å². The number of pyridine rings is 2.